The van der Waals surface area contributed by atoms with Crippen LogP contribution in [-0.4, -0.2) is 35.9 Å². The van der Waals surface area contributed by atoms with Crippen LogP contribution >= 0.6 is 0 Å². The average Bonchev–Trinajstić information content (AvgIpc) is 2.40. The van der Waals surface area contributed by atoms with Gasteiger partial charge < -0.3 is 10.3 Å². The van der Waals surface area contributed by atoms with E-state index in [0.717, 1.165) is 30.6 Å². The van der Waals surface area contributed by atoms with E-state index in [1.165, 1.54) is 0 Å². The van der Waals surface area contributed by atoms with Crippen LogP contribution in [0.15, 0.2) is 11.0 Å². The molecule has 1 aromatic heterocycles. The van der Waals surface area contributed by atoms with Crippen LogP contribution in [0.3, 0.4) is 0 Å². The lowest BCUT2D eigenvalue weighted by Gasteiger charge is -2.17. The van der Waals surface area contributed by atoms with E-state index in [-0.39, 0.29) is 11.3 Å². The first-order valence-electron chi connectivity index (χ1n) is 7.08. The van der Waals surface area contributed by atoms with Gasteiger partial charge in [-0.15, -0.1) is 0 Å². The van der Waals surface area contributed by atoms with E-state index in [0.29, 0.717) is 18.7 Å². The molecule has 0 aliphatic carbocycles. The van der Waals surface area contributed by atoms with Crippen molar-refractivity contribution < 1.29 is 4.79 Å². The van der Waals surface area contributed by atoms with Crippen molar-refractivity contribution >= 4 is 5.91 Å². The number of rotatable bonds is 7. The number of aryl methyl sites for hydroxylation is 1. The molecule has 5 heteroatoms. The molecule has 0 radical (unpaired) electrons. The van der Waals surface area contributed by atoms with Crippen molar-refractivity contribution in [2.45, 2.75) is 40.2 Å². The Balaban J connectivity index is 2.54. The van der Waals surface area contributed by atoms with Crippen molar-refractivity contribution in [1.29, 1.82) is 0 Å². The van der Waals surface area contributed by atoms with Crippen LogP contribution in [0.25, 0.3) is 0 Å². The summed E-state index contributed by atoms with van der Waals surface area (Å²) in [6.07, 6.45) is 3.79. The van der Waals surface area contributed by atoms with E-state index in [1.807, 2.05) is 18.9 Å². The molecule has 0 bridgehead atoms. The molecular formula is C15H25N3O2. The number of carbonyl (C=O) groups is 1. The predicted octanol–water partition coefficient (Wildman–Crippen LogP) is 1.34. The van der Waals surface area contributed by atoms with E-state index >= 15 is 0 Å². The Labute approximate surface area is 120 Å². The number of aromatic amines is 1. The minimum Gasteiger partial charge on any atom is -0.363 e. The van der Waals surface area contributed by atoms with Gasteiger partial charge in [-0.1, -0.05) is 13.3 Å². The highest BCUT2D eigenvalue weighted by Gasteiger charge is 2.10. The van der Waals surface area contributed by atoms with Gasteiger partial charge in [-0.05, 0) is 27.3 Å². The number of H-pyrrole nitrogens is 1. The molecule has 2 N–H and O–H groups in total. The summed E-state index contributed by atoms with van der Waals surface area (Å²) >= 11 is 0. The van der Waals surface area contributed by atoms with Gasteiger partial charge in [0.15, 0.2) is 5.43 Å². The van der Waals surface area contributed by atoms with E-state index in [2.05, 4.69) is 17.2 Å². The molecule has 112 valence electrons. The Morgan fingerprint density at radius 2 is 2.10 bits per heavy atom. The maximum Gasteiger partial charge on any atom is 0.234 e. The van der Waals surface area contributed by atoms with Gasteiger partial charge >= 0.3 is 0 Å². The van der Waals surface area contributed by atoms with Crippen LogP contribution in [0.5, 0.6) is 0 Å². The smallest absolute Gasteiger partial charge is 0.234 e. The van der Waals surface area contributed by atoms with Gasteiger partial charge in [0.2, 0.25) is 5.91 Å². The standard InChI is InChI=1S/C15H25N3O2/c1-5-6-7-16-14(19)10-18(4)9-13-12(3)15(20)11(2)8-17-13/h8H,5-7,9-10H2,1-4H3,(H,16,19)(H,17,20). The molecule has 0 spiro atoms. The zero-order chi connectivity index (χ0) is 15.1. The third-order valence-electron chi connectivity index (χ3n) is 3.31. The van der Waals surface area contributed by atoms with Gasteiger partial charge in [-0.3, -0.25) is 14.5 Å². The molecular weight excluding hydrogens is 254 g/mol. The first-order chi connectivity index (χ1) is 9.45. The van der Waals surface area contributed by atoms with Crippen molar-refractivity contribution in [3.8, 4) is 0 Å². The lowest BCUT2D eigenvalue weighted by molar-refractivity contribution is -0.122. The summed E-state index contributed by atoms with van der Waals surface area (Å²) in [5.74, 6) is 0.0214. The molecule has 1 rings (SSSR count). The SMILES string of the molecule is CCCCNC(=O)CN(C)Cc1[nH]cc(C)c(=O)c1C. The summed E-state index contributed by atoms with van der Waals surface area (Å²) in [6.45, 7) is 7.32. The minimum atomic E-state index is 0.0214. The molecule has 20 heavy (non-hydrogen) atoms. The highest BCUT2D eigenvalue weighted by molar-refractivity contribution is 5.77. The molecule has 1 amide bonds. The molecule has 5 nitrogen and oxygen atoms in total. The Morgan fingerprint density at radius 3 is 2.75 bits per heavy atom. The molecule has 1 aromatic rings. The number of nitrogens with zero attached hydrogens (tertiary/aromatic N) is 1. The second-order valence-corrected chi connectivity index (χ2v) is 5.28. The number of carbonyl (C=O) groups excluding carboxylic acids is 1. The predicted molar refractivity (Wildman–Crippen MR) is 80.8 cm³/mol. The number of nitrogens with one attached hydrogen (secondary N) is 2. The number of amides is 1. The largest absolute Gasteiger partial charge is 0.363 e. The lowest BCUT2D eigenvalue weighted by Crippen LogP contribution is -2.35. The maximum atomic E-state index is 11.8. The molecule has 0 saturated heterocycles. The van der Waals surface area contributed by atoms with Crippen LogP contribution in [0.2, 0.25) is 0 Å². The zero-order valence-electron chi connectivity index (χ0n) is 12.9. The number of aromatic nitrogens is 1. The second-order valence-electron chi connectivity index (χ2n) is 5.28. The molecule has 0 aliphatic heterocycles. The van der Waals surface area contributed by atoms with Crippen molar-refractivity contribution in [3.63, 3.8) is 0 Å². The summed E-state index contributed by atoms with van der Waals surface area (Å²) in [5, 5.41) is 2.88. The molecule has 0 unspecified atom stereocenters. The van der Waals surface area contributed by atoms with E-state index in [1.54, 1.807) is 13.1 Å². The van der Waals surface area contributed by atoms with Crippen LogP contribution in [-0.2, 0) is 11.3 Å². The fraction of sp³-hybridized carbons (Fsp3) is 0.600. The molecule has 0 fully saturated rings. The summed E-state index contributed by atoms with van der Waals surface area (Å²) < 4.78 is 0. The lowest BCUT2D eigenvalue weighted by atomic mass is 10.1. The Kier molecular flexibility index (Phi) is 6.45. The topological polar surface area (TPSA) is 65.2 Å². The highest BCUT2D eigenvalue weighted by atomic mass is 16.2. The van der Waals surface area contributed by atoms with Crippen LogP contribution in [0.1, 0.15) is 36.6 Å². The Morgan fingerprint density at radius 1 is 1.40 bits per heavy atom. The van der Waals surface area contributed by atoms with Gasteiger partial charge in [0.05, 0.1) is 6.54 Å². The maximum absolute atomic E-state index is 11.8. The zero-order valence-corrected chi connectivity index (χ0v) is 12.9. The summed E-state index contributed by atoms with van der Waals surface area (Å²) in [6, 6.07) is 0. The highest BCUT2D eigenvalue weighted by Crippen LogP contribution is 2.03. The quantitative estimate of drug-likeness (QED) is 0.740. The number of hydrogen-bond acceptors (Lipinski definition) is 3. The summed E-state index contributed by atoms with van der Waals surface area (Å²) in [5.41, 5.74) is 2.37. The Hall–Kier alpha value is -1.62. The van der Waals surface area contributed by atoms with Crippen LogP contribution in [0, 0.1) is 13.8 Å². The van der Waals surface area contributed by atoms with E-state index in [9.17, 15) is 9.59 Å². The third kappa shape index (κ3) is 4.81. The van der Waals surface area contributed by atoms with Gasteiger partial charge in [0, 0.05) is 36.1 Å². The number of likely N-dealkylation sites (N-methyl/N-ethyl adjacent to an activating group) is 1. The van der Waals surface area contributed by atoms with Crippen molar-refractivity contribution in [2.75, 3.05) is 20.1 Å². The van der Waals surface area contributed by atoms with E-state index < -0.39 is 0 Å². The number of hydrogen-bond donors (Lipinski definition) is 2. The third-order valence-corrected chi connectivity index (χ3v) is 3.31. The normalized spacial score (nSPS) is 10.8. The number of unbranched alkanes of at least 4 members (excludes halogenated alkanes) is 1. The fourth-order valence-electron chi connectivity index (χ4n) is 2.00. The minimum absolute atomic E-state index is 0.0214. The summed E-state index contributed by atoms with van der Waals surface area (Å²) in [4.78, 5) is 28.6. The van der Waals surface area contributed by atoms with Gasteiger partial charge in [-0.25, -0.2) is 0 Å². The average molecular weight is 279 g/mol. The second kappa shape index (κ2) is 7.85. The molecule has 0 aliphatic rings. The molecule has 0 atom stereocenters. The van der Waals surface area contributed by atoms with Crippen molar-refractivity contribution in [2.24, 2.45) is 0 Å². The Bertz CT molecular complexity index is 508. The molecule has 0 aromatic carbocycles. The van der Waals surface area contributed by atoms with E-state index in [4.69, 9.17) is 0 Å². The van der Waals surface area contributed by atoms with Crippen molar-refractivity contribution in [3.05, 3.63) is 33.2 Å². The van der Waals surface area contributed by atoms with Gasteiger partial charge in [0.25, 0.3) is 0 Å². The monoisotopic (exact) mass is 279 g/mol. The van der Waals surface area contributed by atoms with Crippen molar-refractivity contribution in [1.82, 2.24) is 15.2 Å². The summed E-state index contributed by atoms with van der Waals surface area (Å²) in [7, 11) is 1.87. The van der Waals surface area contributed by atoms with Gasteiger partial charge in [-0.2, -0.15) is 0 Å². The fourth-order valence-corrected chi connectivity index (χ4v) is 2.00. The van der Waals surface area contributed by atoms with Crippen LogP contribution < -0.4 is 10.7 Å². The van der Waals surface area contributed by atoms with Crippen LogP contribution in [0.4, 0.5) is 0 Å². The van der Waals surface area contributed by atoms with Gasteiger partial charge in [0.1, 0.15) is 0 Å². The number of pyridine rings is 1. The molecule has 1 heterocycles. The first kappa shape index (κ1) is 16.4. The first-order valence-corrected chi connectivity index (χ1v) is 7.08. The molecule has 0 saturated carbocycles.